The highest BCUT2D eigenvalue weighted by Gasteiger charge is 2.25. The van der Waals surface area contributed by atoms with Crippen molar-refractivity contribution in [3.05, 3.63) is 29.6 Å². The van der Waals surface area contributed by atoms with Crippen LogP contribution in [0.25, 0.3) is 0 Å². The van der Waals surface area contributed by atoms with Crippen LogP contribution in [0.2, 0.25) is 0 Å². The lowest BCUT2D eigenvalue weighted by Gasteiger charge is -2.17. The van der Waals surface area contributed by atoms with Gasteiger partial charge in [0.05, 0.1) is 5.69 Å². The molecule has 2 atom stereocenters. The summed E-state index contributed by atoms with van der Waals surface area (Å²) in [4.78, 5) is 4.37. The zero-order chi connectivity index (χ0) is 12.1. The molecule has 1 fully saturated rings. The zero-order valence-electron chi connectivity index (χ0n) is 10.5. The molecule has 0 spiro atoms. The van der Waals surface area contributed by atoms with Crippen molar-refractivity contribution in [1.82, 2.24) is 10.3 Å². The first kappa shape index (κ1) is 12.5. The number of nitrogens with one attached hydrogen (secondary N) is 1. The molecule has 1 aliphatic carbocycles. The molecule has 0 bridgehead atoms. The molecule has 0 amide bonds. The number of aliphatic hydroxyl groups excluding tert-OH is 1. The van der Waals surface area contributed by atoms with E-state index in [1.54, 1.807) is 0 Å². The highest BCUT2D eigenvalue weighted by atomic mass is 16.3. The number of nitrogens with zero attached hydrogens (tertiary/aromatic N) is 1. The van der Waals surface area contributed by atoms with Crippen molar-refractivity contribution < 1.29 is 5.11 Å². The summed E-state index contributed by atoms with van der Waals surface area (Å²) < 4.78 is 0. The van der Waals surface area contributed by atoms with Crippen LogP contribution in [-0.2, 0) is 6.54 Å². The van der Waals surface area contributed by atoms with Gasteiger partial charge in [0.25, 0.3) is 0 Å². The normalized spacial score (nSPS) is 24.1. The Bertz CT molecular complexity index is 354. The second-order valence-electron chi connectivity index (χ2n) is 5.03. The third kappa shape index (κ3) is 3.27. The van der Waals surface area contributed by atoms with Crippen molar-refractivity contribution in [1.29, 1.82) is 0 Å². The Balaban J connectivity index is 1.78. The van der Waals surface area contributed by atoms with Crippen LogP contribution in [0.5, 0.6) is 0 Å². The minimum absolute atomic E-state index is 0.342. The van der Waals surface area contributed by atoms with Gasteiger partial charge in [-0.05, 0) is 49.8 Å². The van der Waals surface area contributed by atoms with E-state index in [0.29, 0.717) is 18.4 Å². The summed E-state index contributed by atoms with van der Waals surface area (Å²) >= 11 is 0. The fraction of sp³-hybridized carbons (Fsp3) is 0.643. The number of pyridine rings is 1. The lowest BCUT2D eigenvalue weighted by molar-refractivity contribution is 0.192. The molecule has 0 aromatic carbocycles. The van der Waals surface area contributed by atoms with Crippen LogP contribution in [0.3, 0.4) is 0 Å². The predicted molar refractivity (Wildman–Crippen MR) is 68.6 cm³/mol. The van der Waals surface area contributed by atoms with Crippen molar-refractivity contribution in [2.75, 3.05) is 13.2 Å². The van der Waals surface area contributed by atoms with E-state index in [4.69, 9.17) is 0 Å². The van der Waals surface area contributed by atoms with Gasteiger partial charge in [-0.1, -0.05) is 12.5 Å². The summed E-state index contributed by atoms with van der Waals surface area (Å²) in [6, 6.07) is 4.06. The van der Waals surface area contributed by atoms with Gasteiger partial charge < -0.3 is 10.4 Å². The quantitative estimate of drug-likeness (QED) is 0.817. The summed E-state index contributed by atoms with van der Waals surface area (Å²) in [5.74, 6) is 1.15. The highest BCUT2D eigenvalue weighted by molar-refractivity contribution is 5.17. The molecule has 1 saturated carbocycles. The van der Waals surface area contributed by atoms with E-state index in [2.05, 4.69) is 23.3 Å². The van der Waals surface area contributed by atoms with Gasteiger partial charge in [0.15, 0.2) is 0 Å². The van der Waals surface area contributed by atoms with Gasteiger partial charge in [-0.2, -0.15) is 0 Å². The molecule has 2 unspecified atom stereocenters. The molecule has 1 heterocycles. The maximum absolute atomic E-state index is 9.26. The van der Waals surface area contributed by atoms with E-state index >= 15 is 0 Å². The number of aryl methyl sites for hydroxylation is 1. The lowest BCUT2D eigenvalue weighted by Crippen LogP contribution is -2.27. The molecule has 3 heteroatoms. The molecule has 1 aromatic heterocycles. The maximum atomic E-state index is 9.26. The van der Waals surface area contributed by atoms with Gasteiger partial charge in [0.2, 0.25) is 0 Å². The molecule has 1 aliphatic rings. The minimum Gasteiger partial charge on any atom is -0.396 e. The molecule has 2 rings (SSSR count). The Hall–Kier alpha value is -0.930. The van der Waals surface area contributed by atoms with Gasteiger partial charge in [-0.25, -0.2) is 0 Å². The van der Waals surface area contributed by atoms with Crippen LogP contribution in [-0.4, -0.2) is 23.2 Å². The first-order chi connectivity index (χ1) is 8.31. The molecule has 0 saturated heterocycles. The second-order valence-corrected chi connectivity index (χ2v) is 5.03. The molecular formula is C14H22N2O. The third-order valence-electron chi connectivity index (χ3n) is 3.87. The Kier molecular flexibility index (Phi) is 4.51. The maximum Gasteiger partial charge on any atom is 0.0570 e. The molecular weight excluding hydrogens is 212 g/mol. The van der Waals surface area contributed by atoms with Crippen LogP contribution in [0.15, 0.2) is 18.3 Å². The minimum atomic E-state index is 0.342. The van der Waals surface area contributed by atoms with Gasteiger partial charge >= 0.3 is 0 Å². The number of rotatable bonds is 5. The van der Waals surface area contributed by atoms with E-state index < -0.39 is 0 Å². The van der Waals surface area contributed by atoms with Gasteiger partial charge in [0, 0.05) is 19.3 Å². The van der Waals surface area contributed by atoms with Crippen LogP contribution in [0, 0.1) is 18.8 Å². The average molecular weight is 234 g/mol. The van der Waals surface area contributed by atoms with Crippen molar-refractivity contribution in [2.24, 2.45) is 11.8 Å². The van der Waals surface area contributed by atoms with Crippen LogP contribution >= 0.6 is 0 Å². The molecule has 94 valence electrons. The summed E-state index contributed by atoms with van der Waals surface area (Å²) in [6.45, 7) is 4.27. The lowest BCUT2D eigenvalue weighted by atomic mass is 9.97. The highest BCUT2D eigenvalue weighted by Crippen LogP contribution is 2.30. The van der Waals surface area contributed by atoms with E-state index in [1.807, 2.05) is 12.3 Å². The number of aliphatic hydroxyl groups is 1. The van der Waals surface area contributed by atoms with Gasteiger partial charge in [-0.15, -0.1) is 0 Å². The predicted octanol–water partition coefficient (Wildman–Crippen LogP) is 1.89. The van der Waals surface area contributed by atoms with E-state index in [-0.39, 0.29) is 0 Å². The van der Waals surface area contributed by atoms with E-state index in [0.717, 1.165) is 18.8 Å². The summed E-state index contributed by atoms with van der Waals surface area (Å²) in [6.07, 6.45) is 5.54. The Morgan fingerprint density at radius 1 is 1.41 bits per heavy atom. The second kappa shape index (κ2) is 6.12. The van der Waals surface area contributed by atoms with Gasteiger partial charge in [-0.3, -0.25) is 4.98 Å². The molecule has 0 radical (unpaired) electrons. The first-order valence-corrected chi connectivity index (χ1v) is 6.53. The largest absolute Gasteiger partial charge is 0.396 e. The number of aromatic nitrogens is 1. The Morgan fingerprint density at radius 3 is 3.00 bits per heavy atom. The molecule has 3 nitrogen and oxygen atoms in total. The Morgan fingerprint density at radius 2 is 2.24 bits per heavy atom. The average Bonchev–Trinajstić information content (AvgIpc) is 2.79. The fourth-order valence-electron chi connectivity index (χ4n) is 2.70. The van der Waals surface area contributed by atoms with Crippen molar-refractivity contribution in [2.45, 2.75) is 32.7 Å². The van der Waals surface area contributed by atoms with Crippen molar-refractivity contribution in [3.63, 3.8) is 0 Å². The number of hydrogen-bond acceptors (Lipinski definition) is 3. The summed E-state index contributed by atoms with van der Waals surface area (Å²) in [7, 11) is 0. The molecule has 1 aromatic rings. The van der Waals surface area contributed by atoms with Crippen LogP contribution in [0.1, 0.15) is 30.5 Å². The monoisotopic (exact) mass is 234 g/mol. The topological polar surface area (TPSA) is 45.2 Å². The fourth-order valence-corrected chi connectivity index (χ4v) is 2.70. The number of hydrogen-bond donors (Lipinski definition) is 2. The summed E-state index contributed by atoms with van der Waals surface area (Å²) in [5.41, 5.74) is 2.37. The van der Waals surface area contributed by atoms with E-state index in [1.165, 1.54) is 24.8 Å². The van der Waals surface area contributed by atoms with Crippen LogP contribution in [0.4, 0.5) is 0 Å². The van der Waals surface area contributed by atoms with Gasteiger partial charge in [0.1, 0.15) is 0 Å². The first-order valence-electron chi connectivity index (χ1n) is 6.53. The SMILES string of the molecule is Cc1cccnc1CNCC1CCCC1CO. The Labute approximate surface area is 103 Å². The van der Waals surface area contributed by atoms with Crippen molar-refractivity contribution >= 4 is 0 Å². The van der Waals surface area contributed by atoms with Crippen molar-refractivity contribution in [3.8, 4) is 0 Å². The molecule has 17 heavy (non-hydrogen) atoms. The third-order valence-corrected chi connectivity index (χ3v) is 3.87. The van der Waals surface area contributed by atoms with E-state index in [9.17, 15) is 5.11 Å². The molecule has 0 aliphatic heterocycles. The standard InChI is InChI=1S/C14H22N2O/c1-11-4-3-7-16-14(11)9-15-8-12-5-2-6-13(12)10-17/h3-4,7,12-13,15,17H,2,5-6,8-10H2,1H3. The zero-order valence-corrected chi connectivity index (χ0v) is 10.5. The molecule has 2 N–H and O–H groups in total. The summed E-state index contributed by atoms with van der Waals surface area (Å²) in [5, 5.41) is 12.7. The smallest absolute Gasteiger partial charge is 0.0570 e. The van der Waals surface area contributed by atoms with Crippen LogP contribution < -0.4 is 5.32 Å².